The van der Waals surface area contributed by atoms with Gasteiger partial charge in [0.05, 0.1) is 5.75 Å². The SMILES string of the molecule is CCCS(=O)(=O)N1CCC(N2CCCCC2)CC1. The molecule has 2 saturated heterocycles. The summed E-state index contributed by atoms with van der Waals surface area (Å²) < 4.78 is 25.7. The number of piperidine rings is 2. The average Bonchev–Trinajstić information content (AvgIpc) is 2.40. The van der Waals surface area contributed by atoms with Gasteiger partial charge in [-0.3, -0.25) is 0 Å². The maximum absolute atomic E-state index is 12.0. The van der Waals surface area contributed by atoms with Crippen LogP contribution < -0.4 is 0 Å². The summed E-state index contributed by atoms with van der Waals surface area (Å²) in [6.07, 6.45) is 6.74. The predicted octanol–water partition coefficient (Wildman–Crippen LogP) is 1.68. The Labute approximate surface area is 111 Å². The molecule has 18 heavy (non-hydrogen) atoms. The zero-order valence-corrected chi connectivity index (χ0v) is 12.3. The zero-order chi connectivity index (χ0) is 13.0. The first-order chi connectivity index (χ1) is 8.63. The van der Waals surface area contributed by atoms with Crippen LogP contribution in [0.5, 0.6) is 0 Å². The molecule has 0 aromatic rings. The molecule has 0 aliphatic carbocycles. The molecule has 0 saturated carbocycles. The van der Waals surface area contributed by atoms with E-state index < -0.39 is 10.0 Å². The van der Waals surface area contributed by atoms with Gasteiger partial charge in [0.15, 0.2) is 0 Å². The third-order valence-corrected chi connectivity index (χ3v) is 6.26. The fourth-order valence-electron chi connectivity index (χ4n) is 3.16. The van der Waals surface area contributed by atoms with Crippen molar-refractivity contribution in [3.8, 4) is 0 Å². The second kappa shape index (κ2) is 6.35. The van der Waals surface area contributed by atoms with E-state index in [0.717, 1.165) is 25.9 Å². The molecular formula is C13H26N2O2S. The summed E-state index contributed by atoms with van der Waals surface area (Å²) in [6.45, 7) is 5.81. The van der Waals surface area contributed by atoms with Crippen molar-refractivity contribution in [3.05, 3.63) is 0 Å². The number of rotatable bonds is 4. The molecule has 0 spiro atoms. The molecule has 0 atom stereocenters. The highest BCUT2D eigenvalue weighted by molar-refractivity contribution is 7.89. The molecule has 2 heterocycles. The summed E-state index contributed by atoms with van der Waals surface area (Å²) in [6, 6.07) is 0.623. The van der Waals surface area contributed by atoms with E-state index in [9.17, 15) is 8.42 Å². The molecule has 0 bridgehead atoms. The molecule has 106 valence electrons. The van der Waals surface area contributed by atoms with Gasteiger partial charge >= 0.3 is 0 Å². The molecule has 0 aromatic heterocycles. The van der Waals surface area contributed by atoms with Crippen molar-refractivity contribution in [1.82, 2.24) is 9.21 Å². The van der Waals surface area contributed by atoms with E-state index in [2.05, 4.69) is 4.90 Å². The van der Waals surface area contributed by atoms with Gasteiger partial charge in [0.25, 0.3) is 0 Å². The van der Waals surface area contributed by atoms with Crippen molar-refractivity contribution in [3.63, 3.8) is 0 Å². The number of sulfonamides is 1. The Kier molecular flexibility index (Phi) is 5.04. The summed E-state index contributed by atoms with van der Waals surface area (Å²) in [7, 11) is -2.97. The minimum absolute atomic E-state index is 0.307. The van der Waals surface area contributed by atoms with Gasteiger partial charge in [0, 0.05) is 19.1 Å². The van der Waals surface area contributed by atoms with E-state index in [1.165, 1.54) is 32.4 Å². The lowest BCUT2D eigenvalue weighted by Crippen LogP contribution is -2.48. The molecule has 2 aliphatic heterocycles. The summed E-state index contributed by atoms with van der Waals surface area (Å²) in [5.74, 6) is 0.307. The van der Waals surface area contributed by atoms with Crippen molar-refractivity contribution < 1.29 is 8.42 Å². The average molecular weight is 274 g/mol. The van der Waals surface area contributed by atoms with Gasteiger partial charge < -0.3 is 4.90 Å². The third-order valence-electron chi connectivity index (χ3n) is 4.19. The molecule has 0 radical (unpaired) electrons. The van der Waals surface area contributed by atoms with E-state index in [4.69, 9.17) is 0 Å². The topological polar surface area (TPSA) is 40.6 Å². The van der Waals surface area contributed by atoms with Crippen molar-refractivity contribution in [2.75, 3.05) is 31.9 Å². The van der Waals surface area contributed by atoms with Crippen LogP contribution in [0, 0.1) is 0 Å². The van der Waals surface area contributed by atoms with E-state index >= 15 is 0 Å². The summed E-state index contributed by atoms with van der Waals surface area (Å²) >= 11 is 0. The van der Waals surface area contributed by atoms with E-state index in [1.807, 2.05) is 6.92 Å². The highest BCUT2D eigenvalue weighted by Gasteiger charge is 2.30. The van der Waals surface area contributed by atoms with Crippen LogP contribution in [-0.2, 0) is 10.0 Å². The molecule has 2 rings (SSSR count). The number of nitrogens with zero attached hydrogens (tertiary/aromatic N) is 2. The molecule has 4 nitrogen and oxygen atoms in total. The van der Waals surface area contributed by atoms with Gasteiger partial charge in [0.1, 0.15) is 0 Å². The van der Waals surface area contributed by atoms with E-state index in [1.54, 1.807) is 4.31 Å². The standard InChI is InChI=1S/C13H26N2O2S/c1-2-12-18(16,17)15-10-6-13(7-11-15)14-8-4-3-5-9-14/h13H,2-12H2,1H3. The Balaban J connectivity index is 1.84. The van der Waals surface area contributed by atoms with E-state index in [-0.39, 0.29) is 0 Å². The van der Waals surface area contributed by atoms with Crippen LogP contribution in [0.1, 0.15) is 45.4 Å². The lowest BCUT2D eigenvalue weighted by Gasteiger charge is -2.39. The van der Waals surface area contributed by atoms with Gasteiger partial charge in [0.2, 0.25) is 10.0 Å². The molecule has 0 N–H and O–H groups in total. The lowest BCUT2D eigenvalue weighted by atomic mass is 10.0. The van der Waals surface area contributed by atoms with Crippen molar-refractivity contribution in [1.29, 1.82) is 0 Å². The minimum atomic E-state index is -2.97. The van der Waals surface area contributed by atoms with Gasteiger partial charge in [-0.2, -0.15) is 0 Å². The second-order valence-corrected chi connectivity index (χ2v) is 7.63. The molecule has 2 fully saturated rings. The molecule has 5 heteroatoms. The molecule has 0 aromatic carbocycles. The fourth-order valence-corrected chi connectivity index (χ4v) is 4.70. The Morgan fingerprint density at radius 3 is 2.17 bits per heavy atom. The Bertz CT molecular complexity index is 342. The van der Waals surface area contributed by atoms with Gasteiger partial charge in [-0.15, -0.1) is 0 Å². The van der Waals surface area contributed by atoms with Gasteiger partial charge in [-0.25, -0.2) is 12.7 Å². The van der Waals surface area contributed by atoms with Crippen LogP contribution in [0.25, 0.3) is 0 Å². The van der Waals surface area contributed by atoms with Crippen LogP contribution >= 0.6 is 0 Å². The lowest BCUT2D eigenvalue weighted by molar-refractivity contribution is 0.118. The monoisotopic (exact) mass is 274 g/mol. The number of hydrogen-bond donors (Lipinski definition) is 0. The summed E-state index contributed by atoms with van der Waals surface area (Å²) in [5.41, 5.74) is 0. The maximum atomic E-state index is 12.0. The largest absolute Gasteiger partial charge is 0.300 e. The van der Waals surface area contributed by atoms with Crippen LogP contribution in [-0.4, -0.2) is 55.6 Å². The highest BCUT2D eigenvalue weighted by atomic mass is 32.2. The number of hydrogen-bond acceptors (Lipinski definition) is 3. The third kappa shape index (κ3) is 3.45. The smallest absolute Gasteiger partial charge is 0.214 e. The zero-order valence-electron chi connectivity index (χ0n) is 11.5. The normalized spacial score (nSPS) is 25.4. The fraction of sp³-hybridized carbons (Fsp3) is 1.00. The van der Waals surface area contributed by atoms with Gasteiger partial charge in [-0.1, -0.05) is 13.3 Å². The van der Waals surface area contributed by atoms with Crippen LogP contribution in [0.2, 0.25) is 0 Å². The van der Waals surface area contributed by atoms with Crippen LogP contribution in [0.3, 0.4) is 0 Å². The van der Waals surface area contributed by atoms with Gasteiger partial charge in [-0.05, 0) is 45.2 Å². The predicted molar refractivity (Wildman–Crippen MR) is 74.1 cm³/mol. The first-order valence-corrected chi connectivity index (χ1v) is 8.96. The van der Waals surface area contributed by atoms with E-state index in [0.29, 0.717) is 18.2 Å². The van der Waals surface area contributed by atoms with Crippen LogP contribution in [0.4, 0.5) is 0 Å². The minimum Gasteiger partial charge on any atom is -0.300 e. The van der Waals surface area contributed by atoms with Crippen molar-refractivity contribution in [2.24, 2.45) is 0 Å². The molecule has 2 aliphatic rings. The Hall–Kier alpha value is -0.130. The first-order valence-electron chi connectivity index (χ1n) is 7.35. The first kappa shape index (κ1) is 14.3. The Morgan fingerprint density at radius 2 is 1.61 bits per heavy atom. The molecule has 0 amide bonds. The molecule has 0 unspecified atom stereocenters. The summed E-state index contributed by atoms with van der Waals surface area (Å²) in [5, 5.41) is 0. The maximum Gasteiger partial charge on any atom is 0.214 e. The van der Waals surface area contributed by atoms with Crippen molar-refractivity contribution >= 4 is 10.0 Å². The van der Waals surface area contributed by atoms with Crippen LogP contribution in [0.15, 0.2) is 0 Å². The Morgan fingerprint density at radius 1 is 1.00 bits per heavy atom. The van der Waals surface area contributed by atoms with Crippen molar-refractivity contribution in [2.45, 2.75) is 51.5 Å². The highest BCUT2D eigenvalue weighted by Crippen LogP contribution is 2.22. The quantitative estimate of drug-likeness (QED) is 0.783. The summed E-state index contributed by atoms with van der Waals surface area (Å²) in [4.78, 5) is 2.58. The number of likely N-dealkylation sites (tertiary alicyclic amines) is 1. The second-order valence-electron chi connectivity index (χ2n) is 5.54. The molecular weight excluding hydrogens is 248 g/mol.